The van der Waals surface area contributed by atoms with Crippen molar-refractivity contribution in [2.24, 2.45) is 0 Å². The van der Waals surface area contributed by atoms with E-state index in [-0.39, 0.29) is 23.7 Å². The fourth-order valence-corrected chi connectivity index (χ4v) is 4.19. The van der Waals surface area contributed by atoms with Gasteiger partial charge in [-0.2, -0.15) is 13.2 Å². The van der Waals surface area contributed by atoms with Gasteiger partial charge in [0, 0.05) is 35.7 Å². The van der Waals surface area contributed by atoms with Crippen LogP contribution in [-0.4, -0.2) is 11.7 Å². The first-order chi connectivity index (χ1) is 13.4. The van der Waals surface area contributed by atoms with E-state index in [4.69, 9.17) is 0 Å². The number of anilines is 1. The van der Waals surface area contributed by atoms with E-state index in [9.17, 15) is 22.8 Å². The molecule has 1 atom stereocenters. The molecule has 0 N–H and O–H groups in total. The number of rotatable bonds is 2. The van der Waals surface area contributed by atoms with Crippen LogP contribution in [0, 0.1) is 0 Å². The third-order valence-corrected chi connectivity index (χ3v) is 5.33. The smallest absolute Gasteiger partial charge is 0.294 e. The maximum absolute atomic E-state index is 13.6. The second kappa shape index (κ2) is 6.93. The average Bonchev–Trinajstić information content (AvgIpc) is 2.67. The van der Waals surface area contributed by atoms with E-state index < -0.39 is 17.7 Å². The summed E-state index contributed by atoms with van der Waals surface area (Å²) < 4.78 is 40.7. The number of nitrogens with zero attached hydrogens (tertiary/aromatic N) is 1. The number of hydrogen-bond donors (Lipinski definition) is 0. The highest BCUT2D eigenvalue weighted by atomic mass is 19.4. The second-order valence-electron chi connectivity index (χ2n) is 7.04. The Bertz CT molecular complexity index is 963. The molecule has 0 radical (unpaired) electrons. The molecule has 28 heavy (non-hydrogen) atoms. The van der Waals surface area contributed by atoms with Crippen molar-refractivity contribution in [1.82, 2.24) is 0 Å². The van der Waals surface area contributed by atoms with Crippen molar-refractivity contribution >= 4 is 17.4 Å². The number of ketones is 1. The van der Waals surface area contributed by atoms with Gasteiger partial charge in [-0.05, 0) is 36.6 Å². The molecule has 0 bridgehead atoms. The van der Waals surface area contributed by atoms with Gasteiger partial charge in [0.05, 0.1) is 5.56 Å². The van der Waals surface area contributed by atoms with Crippen molar-refractivity contribution < 1.29 is 22.8 Å². The van der Waals surface area contributed by atoms with Crippen molar-refractivity contribution in [3.63, 3.8) is 0 Å². The van der Waals surface area contributed by atoms with E-state index in [0.29, 0.717) is 36.2 Å². The molecule has 1 aliphatic heterocycles. The molecule has 6 heteroatoms. The minimum atomic E-state index is -4.55. The maximum Gasteiger partial charge on any atom is 0.416 e. The molecule has 0 fully saturated rings. The lowest BCUT2D eigenvalue weighted by Crippen LogP contribution is -2.40. The summed E-state index contributed by atoms with van der Waals surface area (Å²) in [6, 6.07) is 14.2. The Morgan fingerprint density at radius 3 is 2.29 bits per heavy atom. The number of allylic oxidation sites excluding steroid dienone is 2. The summed E-state index contributed by atoms with van der Waals surface area (Å²) >= 11 is 0. The van der Waals surface area contributed by atoms with Gasteiger partial charge < -0.3 is 0 Å². The van der Waals surface area contributed by atoms with Crippen LogP contribution in [0.4, 0.5) is 18.9 Å². The zero-order chi connectivity index (χ0) is 19.9. The topological polar surface area (TPSA) is 37.4 Å². The molecule has 0 spiro atoms. The molecule has 1 aliphatic carbocycles. The van der Waals surface area contributed by atoms with Gasteiger partial charge in [0.1, 0.15) is 0 Å². The molecule has 1 amide bonds. The molecule has 0 saturated carbocycles. The maximum atomic E-state index is 13.6. The van der Waals surface area contributed by atoms with Gasteiger partial charge in [-0.1, -0.05) is 36.4 Å². The van der Waals surface area contributed by atoms with E-state index in [2.05, 4.69) is 0 Å². The van der Waals surface area contributed by atoms with Crippen molar-refractivity contribution in [3.05, 3.63) is 77.0 Å². The van der Waals surface area contributed by atoms with E-state index in [1.54, 1.807) is 24.3 Å². The average molecular weight is 385 g/mol. The Hall–Kier alpha value is -2.89. The fraction of sp³-hybridized carbons (Fsp3) is 0.273. The molecule has 2 aliphatic rings. The third kappa shape index (κ3) is 3.13. The molecule has 0 saturated heterocycles. The van der Waals surface area contributed by atoms with Crippen LogP contribution in [0.1, 0.15) is 42.7 Å². The zero-order valence-corrected chi connectivity index (χ0v) is 15.0. The lowest BCUT2D eigenvalue weighted by atomic mass is 9.76. The minimum Gasteiger partial charge on any atom is -0.294 e. The van der Waals surface area contributed by atoms with Gasteiger partial charge in [0.25, 0.3) is 0 Å². The van der Waals surface area contributed by atoms with Crippen LogP contribution in [0.3, 0.4) is 0 Å². The first kappa shape index (κ1) is 18.5. The van der Waals surface area contributed by atoms with Gasteiger partial charge in [-0.25, -0.2) is 0 Å². The summed E-state index contributed by atoms with van der Waals surface area (Å²) in [7, 11) is 0. The Kier molecular flexibility index (Phi) is 4.57. The normalized spacial score (nSPS) is 20.4. The fourth-order valence-electron chi connectivity index (χ4n) is 4.19. The summed E-state index contributed by atoms with van der Waals surface area (Å²) in [6.45, 7) is 0. The molecule has 3 nitrogen and oxygen atoms in total. The van der Waals surface area contributed by atoms with Crippen LogP contribution < -0.4 is 4.90 Å². The monoisotopic (exact) mass is 385 g/mol. The number of para-hydroxylation sites is 1. The molecule has 144 valence electrons. The van der Waals surface area contributed by atoms with Crippen LogP contribution in [0.25, 0.3) is 0 Å². The van der Waals surface area contributed by atoms with Gasteiger partial charge in [0.2, 0.25) is 5.91 Å². The SMILES string of the molecule is O=C1CCCC2=C1C(c1ccccc1C(F)(F)F)CC(=O)N2c1ccccc1. The Morgan fingerprint density at radius 2 is 1.57 bits per heavy atom. The third-order valence-electron chi connectivity index (χ3n) is 5.33. The summed E-state index contributed by atoms with van der Waals surface area (Å²) in [4.78, 5) is 27.3. The van der Waals surface area contributed by atoms with Crippen molar-refractivity contribution in [1.29, 1.82) is 0 Å². The van der Waals surface area contributed by atoms with Gasteiger partial charge in [-0.3, -0.25) is 14.5 Å². The largest absolute Gasteiger partial charge is 0.416 e. The van der Waals surface area contributed by atoms with Crippen LogP contribution >= 0.6 is 0 Å². The highest BCUT2D eigenvalue weighted by molar-refractivity contribution is 6.07. The second-order valence-corrected chi connectivity index (χ2v) is 7.04. The van der Waals surface area contributed by atoms with E-state index in [0.717, 1.165) is 6.07 Å². The van der Waals surface area contributed by atoms with Crippen LogP contribution in [0.2, 0.25) is 0 Å². The quantitative estimate of drug-likeness (QED) is 0.710. The number of carbonyl (C=O) groups is 2. The molecular weight excluding hydrogens is 367 g/mol. The number of Topliss-reactive ketones (excluding diaryl/α,β-unsaturated/α-hetero) is 1. The summed E-state index contributed by atoms with van der Waals surface area (Å²) in [5.74, 6) is -1.33. The highest BCUT2D eigenvalue weighted by Gasteiger charge is 2.43. The van der Waals surface area contributed by atoms with Crippen LogP contribution in [0.5, 0.6) is 0 Å². The number of halogens is 3. The van der Waals surface area contributed by atoms with Crippen LogP contribution in [-0.2, 0) is 15.8 Å². The molecule has 2 aromatic carbocycles. The van der Waals surface area contributed by atoms with Crippen molar-refractivity contribution in [2.45, 2.75) is 37.8 Å². The Labute approximate surface area is 160 Å². The molecule has 0 aromatic heterocycles. The Morgan fingerprint density at radius 1 is 0.893 bits per heavy atom. The highest BCUT2D eigenvalue weighted by Crippen LogP contribution is 2.46. The Balaban J connectivity index is 1.90. The summed E-state index contributed by atoms with van der Waals surface area (Å²) in [6.07, 6.45) is -3.34. The minimum absolute atomic E-state index is 0.00110. The lowest BCUT2D eigenvalue weighted by Gasteiger charge is -2.38. The predicted octanol–water partition coefficient (Wildman–Crippen LogP) is 5.23. The molecule has 1 unspecified atom stereocenters. The number of amides is 1. The van der Waals surface area contributed by atoms with Gasteiger partial charge in [-0.15, -0.1) is 0 Å². The lowest BCUT2D eigenvalue weighted by molar-refractivity contribution is -0.138. The molecular formula is C22H18F3NO2. The van der Waals surface area contributed by atoms with Gasteiger partial charge in [0.15, 0.2) is 5.78 Å². The van der Waals surface area contributed by atoms with Crippen LogP contribution in [0.15, 0.2) is 65.9 Å². The van der Waals surface area contributed by atoms with Crippen molar-refractivity contribution in [3.8, 4) is 0 Å². The van der Waals surface area contributed by atoms with E-state index >= 15 is 0 Å². The number of benzene rings is 2. The molecule has 1 heterocycles. The van der Waals surface area contributed by atoms with Crippen molar-refractivity contribution in [2.75, 3.05) is 4.90 Å². The zero-order valence-electron chi connectivity index (χ0n) is 15.0. The molecule has 4 rings (SSSR count). The van der Waals surface area contributed by atoms with Gasteiger partial charge >= 0.3 is 6.18 Å². The van der Waals surface area contributed by atoms with E-state index in [1.165, 1.54) is 23.1 Å². The standard InChI is InChI=1S/C22H18F3NO2/c23-22(24,25)17-10-5-4-9-15(17)16-13-20(28)26(14-7-2-1-3-8-14)18-11-6-12-19(27)21(16)18/h1-5,7-10,16H,6,11-13H2. The number of carbonyl (C=O) groups excluding carboxylic acids is 2. The number of hydrogen-bond acceptors (Lipinski definition) is 2. The first-order valence-electron chi connectivity index (χ1n) is 9.18. The summed E-state index contributed by atoms with van der Waals surface area (Å²) in [5, 5.41) is 0. The predicted molar refractivity (Wildman–Crippen MR) is 98.6 cm³/mol. The molecule has 2 aromatic rings. The number of alkyl halides is 3. The summed E-state index contributed by atoms with van der Waals surface area (Å²) in [5.41, 5.74) is 0.745. The van der Waals surface area contributed by atoms with E-state index in [1.807, 2.05) is 6.07 Å². The first-order valence-corrected chi connectivity index (χ1v) is 9.18.